The SMILES string of the molecule is COc1ccc2[nH]c3nc(SCCN4CCOCC4)nnc3c2c1.[HH]. The topological polar surface area (TPSA) is 76.2 Å². The van der Waals surface area contributed by atoms with Crippen LogP contribution in [0, 0.1) is 0 Å². The Hall–Kier alpha value is -1.90. The number of morpholine rings is 1. The Kier molecular flexibility index (Phi) is 4.50. The molecule has 1 aliphatic rings. The number of hydrogen-bond acceptors (Lipinski definition) is 7. The molecule has 0 spiro atoms. The van der Waals surface area contributed by atoms with Crippen LogP contribution in [0.15, 0.2) is 23.4 Å². The molecule has 1 saturated heterocycles. The van der Waals surface area contributed by atoms with Crippen LogP contribution in [-0.2, 0) is 4.74 Å². The quantitative estimate of drug-likeness (QED) is 0.709. The van der Waals surface area contributed by atoms with Gasteiger partial charge in [-0.2, -0.15) is 0 Å². The molecular formula is C16H21N5O2S. The van der Waals surface area contributed by atoms with E-state index in [4.69, 9.17) is 9.47 Å². The molecule has 1 aromatic carbocycles. The van der Waals surface area contributed by atoms with Crippen molar-refractivity contribution in [2.24, 2.45) is 0 Å². The number of hydrogen-bond donors (Lipinski definition) is 1. The Morgan fingerprint density at radius 3 is 3.04 bits per heavy atom. The summed E-state index contributed by atoms with van der Waals surface area (Å²) in [6, 6.07) is 5.85. The first-order valence-corrected chi connectivity index (χ1v) is 8.95. The molecule has 0 amide bonds. The molecule has 24 heavy (non-hydrogen) atoms. The van der Waals surface area contributed by atoms with Crippen LogP contribution in [0.3, 0.4) is 0 Å². The highest BCUT2D eigenvalue weighted by molar-refractivity contribution is 7.99. The molecule has 4 rings (SSSR count). The van der Waals surface area contributed by atoms with Crippen LogP contribution in [0.1, 0.15) is 1.43 Å². The molecule has 1 aliphatic heterocycles. The second-order valence-electron chi connectivity index (χ2n) is 5.63. The number of nitrogens with one attached hydrogen (secondary N) is 1. The summed E-state index contributed by atoms with van der Waals surface area (Å²) >= 11 is 1.63. The molecule has 1 N–H and O–H groups in total. The zero-order valence-electron chi connectivity index (χ0n) is 13.5. The van der Waals surface area contributed by atoms with Crippen LogP contribution in [0.25, 0.3) is 22.1 Å². The van der Waals surface area contributed by atoms with Crippen LogP contribution >= 0.6 is 11.8 Å². The minimum absolute atomic E-state index is 0. The molecule has 128 valence electrons. The van der Waals surface area contributed by atoms with Crippen LogP contribution in [0.5, 0.6) is 5.75 Å². The fourth-order valence-corrected chi connectivity index (χ4v) is 3.60. The van der Waals surface area contributed by atoms with Crippen molar-refractivity contribution < 1.29 is 10.9 Å². The highest BCUT2D eigenvalue weighted by Crippen LogP contribution is 2.27. The summed E-state index contributed by atoms with van der Waals surface area (Å²) in [5.74, 6) is 1.75. The monoisotopic (exact) mass is 347 g/mol. The lowest BCUT2D eigenvalue weighted by atomic mass is 10.2. The molecule has 1 fully saturated rings. The van der Waals surface area contributed by atoms with E-state index >= 15 is 0 Å². The standard InChI is InChI=1S/C16H19N5O2S.H2/c1-22-11-2-3-13-12(10-11)14-15(17-13)18-16(20-19-14)24-9-6-21-4-7-23-8-5-21;/h2-3,10H,4-9H2,1H3,(H,17,18,20);1H. The molecular weight excluding hydrogens is 326 g/mol. The first-order chi connectivity index (χ1) is 11.8. The van der Waals surface area contributed by atoms with Gasteiger partial charge in [0.05, 0.1) is 20.3 Å². The van der Waals surface area contributed by atoms with E-state index < -0.39 is 0 Å². The number of rotatable bonds is 5. The zero-order valence-corrected chi connectivity index (χ0v) is 14.3. The summed E-state index contributed by atoms with van der Waals surface area (Å²) in [5.41, 5.74) is 2.53. The van der Waals surface area contributed by atoms with E-state index in [1.165, 1.54) is 0 Å². The van der Waals surface area contributed by atoms with E-state index in [0.717, 1.165) is 66.4 Å². The Morgan fingerprint density at radius 2 is 2.21 bits per heavy atom. The van der Waals surface area contributed by atoms with Gasteiger partial charge < -0.3 is 14.5 Å². The Balaban J connectivity index is 0.00000182. The van der Waals surface area contributed by atoms with Gasteiger partial charge in [-0.1, -0.05) is 11.8 Å². The molecule has 3 aromatic rings. The van der Waals surface area contributed by atoms with E-state index in [9.17, 15) is 0 Å². The minimum atomic E-state index is 0. The number of thioether (sulfide) groups is 1. The highest BCUT2D eigenvalue weighted by atomic mass is 32.2. The van der Waals surface area contributed by atoms with Crippen molar-refractivity contribution in [1.29, 1.82) is 0 Å². The van der Waals surface area contributed by atoms with Crippen LogP contribution < -0.4 is 4.74 Å². The van der Waals surface area contributed by atoms with Crippen LogP contribution in [0.2, 0.25) is 0 Å². The van der Waals surface area contributed by atoms with Crippen molar-refractivity contribution in [3.63, 3.8) is 0 Å². The molecule has 7 nitrogen and oxygen atoms in total. The summed E-state index contributed by atoms with van der Waals surface area (Å²) in [5, 5.41) is 10.3. The zero-order chi connectivity index (χ0) is 16.4. The van der Waals surface area contributed by atoms with E-state index in [-0.39, 0.29) is 1.43 Å². The molecule has 0 radical (unpaired) electrons. The molecule has 8 heteroatoms. The normalized spacial score (nSPS) is 16.0. The lowest BCUT2D eigenvalue weighted by Gasteiger charge is -2.26. The van der Waals surface area contributed by atoms with Crippen molar-refractivity contribution >= 4 is 33.8 Å². The van der Waals surface area contributed by atoms with Gasteiger partial charge >= 0.3 is 0 Å². The van der Waals surface area contributed by atoms with Gasteiger partial charge in [0.15, 0.2) is 5.65 Å². The maximum Gasteiger partial charge on any atom is 0.211 e. The summed E-state index contributed by atoms with van der Waals surface area (Å²) in [7, 11) is 1.66. The summed E-state index contributed by atoms with van der Waals surface area (Å²) in [6.45, 7) is 4.67. The van der Waals surface area contributed by atoms with Crippen molar-refractivity contribution in [2.75, 3.05) is 45.7 Å². The second-order valence-corrected chi connectivity index (χ2v) is 6.69. The van der Waals surface area contributed by atoms with E-state index in [2.05, 4.69) is 25.1 Å². The van der Waals surface area contributed by atoms with Crippen LogP contribution in [0.4, 0.5) is 0 Å². The Morgan fingerprint density at radius 1 is 1.33 bits per heavy atom. The summed E-state index contributed by atoms with van der Waals surface area (Å²) < 4.78 is 10.6. The maximum absolute atomic E-state index is 5.36. The molecule has 3 heterocycles. The van der Waals surface area contributed by atoms with Gasteiger partial charge in [-0.15, -0.1) is 10.2 Å². The second kappa shape index (κ2) is 6.92. The fourth-order valence-electron chi connectivity index (χ4n) is 2.81. The number of benzene rings is 1. The molecule has 0 aliphatic carbocycles. The predicted octanol–water partition coefficient (Wildman–Crippen LogP) is 2.18. The highest BCUT2D eigenvalue weighted by Gasteiger charge is 2.12. The average Bonchev–Trinajstić information content (AvgIpc) is 2.99. The average molecular weight is 347 g/mol. The molecule has 0 unspecified atom stereocenters. The first kappa shape index (κ1) is 15.6. The number of aromatic amines is 1. The lowest BCUT2D eigenvalue weighted by Crippen LogP contribution is -2.37. The van der Waals surface area contributed by atoms with E-state index in [0.29, 0.717) is 5.16 Å². The number of nitrogens with zero attached hydrogens (tertiary/aromatic N) is 4. The number of ether oxygens (including phenoxy) is 2. The fraction of sp³-hybridized carbons (Fsp3) is 0.438. The third-order valence-electron chi connectivity index (χ3n) is 4.14. The molecule has 2 aromatic heterocycles. The van der Waals surface area contributed by atoms with Crippen LogP contribution in [-0.4, -0.2) is 70.8 Å². The first-order valence-electron chi connectivity index (χ1n) is 7.96. The number of fused-ring (bicyclic) bond motifs is 3. The Bertz CT molecular complexity index is 853. The number of methoxy groups -OCH3 is 1. The van der Waals surface area contributed by atoms with E-state index in [1.807, 2.05) is 18.2 Å². The third kappa shape index (κ3) is 3.17. The lowest BCUT2D eigenvalue weighted by molar-refractivity contribution is 0.0410. The largest absolute Gasteiger partial charge is 0.497 e. The third-order valence-corrected chi connectivity index (χ3v) is 4.96. The van der Waals surface area contributed by atoms with Crippen molar-refractivity contribution in [3.8, 4) is 5.75 Å². The molecule has 0 atom stereocenters. The summed E-state index contributed by atoms with van der Waals surface area (Å²) in [4.78, 5) is 10.3. The molecule has 0 bridgehead atoms. The van der Waals surface area contributed by atoms with Gasteiger partial charge in [0.2, 0.25) is 5.16 Å². The minimum Gasteiger partial charge on any atom is -0.497 e. The smallest absolute Gasteiger partial charge is 0.211 e. The van der Waals surface area contributed by atoms with Crippen molar-refractivity contribution in [1.82, 2.24) is 25.1 Å². The molecule has 0 saturated carbocycles. The Labute approximate surface area is 145 Å². The summed E-state index contributed by atoms with van der Waals surface area (Å²) in [6.07, 6.45) is 0. The van der Waals surface area contributed by atoms with Gasteiger partial charge in [-0.05, 0) is 18.2 Å². The number of aromatic nitrogens is 4. The van der Waals surface area contributed by atoms with Gasteiger partial charge in [0, 0.05) is 37.7 Å². The maximum atomic E-state index is 5.36. The van der Waals surface area contributed by atoms with Gasteiger partial charge in [0.1, 0.15) is 11.3 Å². The van der Waals surface area contributed by atoms with Crippen molar-refractivity contribution in [3.05, 3.63) is 18.2 Å². The van der Waals surface area contributed by atoms with E-state index in [1.54, 1.807) is 18.9 Å². The predicted molar refractivity (Wildman–Crippen MR) is 95.8 cm³/mol. The number of H-pyrrole nitrogens is 1. The van der Waals surface area contributed by atoms with Crippen molar-refractivity contribution in [2.45, 2.75) is 5.16 Å². The van der Waals surface area contributed by atoms with Gasteiger partial charge in [-0.3, -0.25) is 4.90 Å². The van der Waals surface area contributed by atoms with Gasteiger partial charge in [0.25, 0.3) is 0 Å². The van der Waals surface area contributed by atoms with Gasteiger partial charge in [-0.25, -0.2) is 4.98 Å².